The van der Waals surface area contributed by atoms with Crippen LogP contribution in [0.3, 0.4) is 0 Å². The molecule has 5 nitrogen and oxygen atoms in total. The predicted molar refractivity (Wildman–Crippen MR) is 50.1 cm³/mol. The lowest BCUT2D eigenvalue weighted by atomic mass is 10.4. The van der Waals surface area contributed by atoms with Crippen molar-refractivity contribution in [3.63, 3.8) is 0 Å². The molecule has 0 aliphatic heterocycles. The first-order valence-electron chi connectivity index (χ1n) is 4.21. The van der Waals surface area contributed by atoms with E-state index in [1.54, 1.807) is 23.1 Å². The second-order valence-corrected chi connectivity index (χ2v) is 2.92. The van der Waals surface area contributed by atoms with Crippen LogP contribution in [0.15, 0.2) is 24.7 Å². The molecule has 0 aliphatic carbocycles. The zero-order chi connectivity index (χ0) is 9.97. The largest absolute Gasteiger partial charge is 0.403 e. The summed E-state index contributed by atoms with van der Waals surface area (Å²) >= 11 is 0. The summed E-state index contributed by atoms with van der Waals surface area (Å²) in [5.74, 6) is 0.540. The number of ether oxygens (including phenoxy) is 1. The summed E-state index contributed by atoms with van der Waals surface area (Å²) in [4.78, 5) is 7.88. The lowest BCUT2D eigenvalue weighted by Gasteiger charge is -1.98. The van der Waals surface area contributed by atoms with Crippen molar-refractivity contribution in [2.45, 2.75) is 6.92 Å². The van der Waals surface area contributed by atoms with Crippen LogP contribution in [0.5, 0.6) is 11.9 Å². The quantitative estimate of drug-likeness (QED) is 0.716. The number of aryl methyl sites for hydroxylation is 2. The number of aromatic nitrogens is 4. The third-order valence-electron chi connectivity index (χ3n) is 1.70. The molecule has 0 amide bonds. The second-order valence-electron chi connectivity index (χ2n) is 2.92. The van der Waals surface area contributed by atoms with E-state index in [-0.39, 0.29) is 0 Å². The fourth-order valence-electron chi connectivity index (χ4n) is 1.11. The van der Waals surface area contributed by atoms with Gasteiger partial charge in [0.1, 0.15) is 0 Å². The highest BCUT2D eigenvalue weighted by molar-refractivity contribution is 5.23. The van der Waals surface area contributed by atoms with E-state index in [4.69, 9.17) is 4.74 Å². The summed E-state index contributed by atoms with van der Waals surface area (Å²) in [5.41, 5.74) is 0.958. The van der Waals surface area contributed by atoms with Crippen LogP contribution in [-0.2, 0) is 7.05 Å². The van der Waals surface area contributed by atoms with Gasteiger partial charge in [-0.05, 0) is 13.0 Å². The minimum atomic E-state index is 0.314. The highest BCUT2D eigenvalue weighted by Crippen LogP contribution is 2.18. The van der Waals surface area contributed by atoms with Gasteiger partial charge in [-0.3, -0.25) is 4.68 Å². The van der Waals surface area contributed by atoms with Crippen molar-refractivity contribution >= 4 is 0 Å². The standard InChI is InChI=1S/C9H10N4O/c1-7-6-13(2)12-8(7)14-9-10-4-3-5-11-9/h3-6H,1-2H3. The van der Waals surface area contributed by atoms with E-state index in [1.807, 2.05) is 20.2 Å². The van der Waals surface area contributed by atoms with Gasteiger partial charge in [-0.2, -0.15) is 0 Å². The van der Waals surface area contributed by atoms with Gasteiger partial charge in [0.05, 0.1) is 0 Å². The van der Waals surface area contributed by atoms with Crippen molar-refractivity contribution in [1.29, 1.82) is 0 Å². The van der Waals surface area contributed by atoms with Crippen molar-refractivity contribution in [1.82, 2.24) is 19.7 Å². The Morgan fingerprint density at radius 1 is 1.29 bits per heavy atom. The topological polar surface area (TPSA) is 52.8 Å². The molecule has 2 rings (SSSR count). The SMILES string of the molecule is Cc1cn(C)nc1Oc1ncccn1. The molecule has 2 aromatic rings. The smallest absolute Gasteiger partial charge is 0.323 e. The van der Waals surface area contributed by atoms with Crippen molar-refractivity contribution in [3.8, 4) is 11.9 Å². The van der Waals surface area contributed by atoms with E-state index >= 15 is 0 Å². The molecule has 0 unspecified atom stereocenters. The van der Waals surface area contributed by atoms with E-state index in [2.05, 4.69) is 15.1 Å². The lowest BCUT2D eigenvalue weighted by molar-refractivity contribution is 0.416. The van der Waals surface area contributed by atoms with Crippen LogP contribution in [0.25, 0.3) is 0 Å². The summed E-state index contributed by atoms with van der Waals surface area (Å²) in [5, 5.41) is 4.12. The zero-order valence-electron chi connectivity index (χ0n) is 8.01. The van der Waals surface area contributed by atoms with Crippen LogP contribution in [-0.4, -0.2) is 19.7 Å². The van der Waals surface area contributed by atoms with Crippen molar-refractivity contribution in [2.24, 2.45) is 7.05 Å². The average molecular weight is 190 g/mol. The fourth-order valence-corrected chi connectivity index (χ4v) is 1.11. The maximum absolute atomic E-state index is 5.38. The molecule has 0 atom stereocenters. The zero-order valence-corrected chi connectivity index (χ0v) is 8.01. The van der Waals surface area contributed by atoms with E-state index < -0.39 is 0 Å². The Labute approximate surface area is 81.4 Å². The Morgan fingerprint density at radius 2 is 2.00 bits per heavy atom. The minimum absolute atomic E-state index is 0.314. The molecule has 72 valence electrons. The molecule has 0 aliphatic rings. The van der Waals surface area contributed by atoms with Crippen LogP contribution in [0.4, 0.5) is 0 Å². The Balaban J connectivity index is 2.23. The molecule has 2 heterocycles. The number of hydrogen-bond acceptors (Lipinski definition) is 4. The van der Waals surface area contributed by atoms with Crippen LogP contribution < -0.4 is 4.74 Å². The van der Waals surface area contributed by atoms with Gasteiger partial charge in [-0.15, -0.1) is 5.10 Å². The molecule has 5 heteroatoms. The first-order valence-corrected chi connectivity index (χ1v) is 4.21. The van der Waals surface area contributed by atoms with Crippen LogP contribution in [0.1, 0.15) is 5.56 Å². The second kappa shape index (κ2) is 3.45. The molecule has 0 radical (unpaired) electrons. The molecule has 0 bridgehead atoms. The molecule has 0 spiro atoms. The first kappa shape index (κ1) is 8.68. The van der Waals surface area contributed by atoms with Gasteiger partial charge >= 0.3 is 6.01 Å². The summed E-state index contributed by atoms with van der Waals surface area (Å²) in [6.07, 6.45) is 5.12. The summed E-state index contributed by atoms with van der Waals surface area (Å²) in [7, 11) is 1.84. The summed E-state index contributed by atoms with van der Waals surface area (Å²) in [6.45, 7) is 1.92. The Morgan fingerprint density at radius 3 is 2.57 bits per heavy atom. The molecule has 0 fully saturated rings. The maximum Gasteiger partial charge on any atom is 0.323 e. The summed E-state index contributed by atoms with van der Waals surface area (Å²) in [6, 6.07) is 2.05. The minimum Gasteiger partial charge on any atom is -0.403 e. The molecule has 14 heavy (non-hydrogen) atoms. The third-order valence-corrected chi connectivity index (χ3v) is 1.70. The summed E-state index contributed by atoms with van der Waals surface area (Å²) < 4.78 is 7.06. The number of nitrogens with zero attached hydrogens (tertiary/aromatic N) is 4. The van der Waals surface area contributed by atoms with E-state index in [9.17, 15) is 0 Å². The van der Waals surface area contributed by atoms with Gasteiger partial charge in [0.2, 0.25) is 5.88 Å². The fraction of sp³-hybridized carbons (Fsp3) is 0.222. The van der Waals surface area contributed by atoms with Crippen molar-refractivity contribution in [3.05, 3.63) is 30.2 Å². The molecule has 0 N–H and O–H groups in total. The monoisotopic (exact) mass is 190 g/mol. The highest BCUT2D eigenvalue weighted by Gasteiger charge is 2.06. The Bertz CT molecular complexity index is 424. The van der Waals surface area contributed by atoms with Gasteiger partial charge < -0.3 is 4.74 Å². The van der Waals surface area contributed by atoms with Crippen LogP contribution in [0.2, 0.25) is 0 Å². The average Bonchev–Trinajstić information content (AvgIpc) is 2.47. The van der Waals surface area contributed by atoms with Crippen molar-refractivity contribution in [2.75, 3.05) is 0 Å². The Kier molecular flexibility index (Phi) is 2.14. The van der Waals surface area contributed by atoms with E-state index in [0.717, 1.165) is 5.56 Å². The van der Waals surface area contributed by atoms with Gasteiger partial charge in [0.25, 0.3) is 0 Å². The lowest BCUT2D eigenvalue weighted by Crippen LogP contribution is -1.93. The van der Waals surface area contributed by atoms with Crippen LogP contribution >= 0.6 is 0 Å². The predicted octanol–water partition coefficient (Wildman–Crippen LogP) is 1.31. The molecule has 0 saturated heterocycles. The molecule has 0 saturated carbocycles. The maximum atomic E-state index is 5.38. The highest BCUT2D eigenvalue weighted by atomic mass is 16.5. The molecular weight excluding hydrogens is 180 g/mol. The van der Waals surface area contributed by atoms with Gasteiger partial charge in [-0.1, -0.05) is 0 Å². The van der Waals surface area contributed by atoms with Gasteiger partial charge in [0.15, 0.2) is 0 Å². The van der Waals surface area contributed by atoms with Crippen molar-refractivity contribution < 1.29 is 4.74 Å². The van der Waals surface area contributed by atoms with Gasteiger partial charge in [0, 0.05) is 31.2 Å². The molecule has 0 aromatic carbocycles. The normalized spacial score (nSPS) is 10.1. The number of hydrogen-bond donors (Lipinski definition) is 0. The number of rotatable bonds is 2. The third kappa shape index (κ3) is 1.71. The Hall–Kier alpha value is -1.91. The van der Waals surface area contributed by atoms with E-state index in [1.165, 1.54) is 0 Å². The van der Waals surface area contributed by atoms with E-state index in [0.29, 0.717) is 11.9 Å². The van der Waals surface area contributed by atoms with Gasteiger partial charge in [-0.25, -0.2) is 9.97 Å². The van der Waals surface area contributed by atoms with Crippen LogP contribution in [0, 0.1) is 6.92 Å². The molecule has 2 aromatic heterocycles. The molecular formula is C9H10N4O. The first-order chi connectivity index (χ1) is 6.75.